The van der Waals surface area contributed by atoms with E-state index in [0.717, 1.165) is 12.8 Å². The third kappa shape index (κ3) is 14.6. The molecule has 0 aromatic rings. The van der Waals surface area contributed by atoms with Crippen molar-refractivity contribution in [1.29, 1.82) is 0 Å². The van der Waals surface area contributed by atoms with Gasteiger partial charge in [0, 0.05) is 25.8 Å². The third-order valence-corrected chi connectivity index (χ3v) is 7.46. The van der Waals surface area contributed by atoms with Crippen LogP contribution in [0.4, 0.5) is 9.59 Å². The van der Waals surface area contributed by atoms with Crippen LogP contribution in [-0.2, 0) is 19.1 Å². The zero-order chi connectivity index (χ0) is 37.4. The van der Waals surface area contributed by atoms with Crippen LogP contribution in [0.25, 0.3) is 0 Å². The molecule has 0 saturated carbocycles. The number of carbonyl (C=O) groups excluding carboxylic acids is 4. The first-order valence-electron chi connectivity index (χ1n) is 16.5. The number of hydrogen-bond donors (Lipinski definition) is 4. The molecule has 4 atom stereocenters. The van der Waals surface area contributed by atoms with E-state index in [4.69, 9.17) is 11.5 Å². The van der Waals surface area contributed by atoms with E-state index in [0.29, 0.717) is 50.6 Å². The Hall–Kier alpha value is -4.36. The monoisotopic (exact) mass is 678 g/mol. The van der Waals surface area contributed by atoms with Gasteiger partial charge < -0.3 is 41.4 Å². The number of ether oxygens (including phenoxy) is 2. The highest BCUT2D eigenvalue weighted by molar-refractivity contribution is 5.94. The second-order valence-electron chi connectivity index (χ2n) is 11.1. The van der Waals surface area contributed by atoms with Crippen molar-refractivity contribution in [1.82, 2.24) is 20.4 Å². The fraction of sp³-hybridized carbons (Fsp3) is 0.647. The maximum absolute atomic E-state index is 13.2. The lowest BCUT2D eigenvalue weighted by atomic mass is 10.0. The number of hydrogen-bond acceptors (Lipinski definition) is 8. The number of rotatable bonds is 12. The van der Waals surface area contributed by atoms with Crippen LogP contribution in [-0.4, -0.2) is 103 Å². The fourth-order valence-electron chi connectivity index (χ4n) is 5.11. The highest BCUT2D eigenvalue weighted by Gasteiger charge is 2.38. The van der Waals surface area contributed by atoms with Crippen LogP contribution in [0.15, 0.2) is 48.6 Å². The SMILES string of the molecule is C=C.C=C.CC.COC(=O)NC(C(=O)N1CCC[C@@H]1C(N)=NCC/C=C/N=C(N)[C@H]1CCCN1C(=O)[C@H](NC(=O)OC)C(C)C)C(C)C. The van der Waals surface area contributed by atoms with Crippen LogP contribution in [0, 0.1) is 11.8 Å². The number of amides is 4. The van der Waals surface area contributed by atoms with E-state index in [9.17, 15) is 19.2 Å². The van der Waals surface area contributed by atoms with Gasteiger partial charge in [-0.25, -0.2) is 14.6 Å². The van der Waals surface area contributed by atoms with Crippen LogP contribution in [0.1, 0.15) is 73.6 Å². The summed E-state index contributed by atoms with van der Waals surface area (Å²) < 4.78 is 9.34. The van der Waals surface area contributed by atoms with Crippen molar-refractivity contribution in [3.8, 4) is 0 Å². The Morgan fingerprint density at radius 2 is 1.19 bits per heavy atom. The molecule has 2 fully saturated rings. The predicted molar refractivity (Wildman–Crippen MR) is 194 cm³/mol. The van der Waals surface area contributed by atoms with Crippen molar-refractivity contribution in [2.75, 3.05) is 33.9 Å². The van der Waals surface area contributed by atoms with E-state index in [1.807, 2.05) is 47.6 Å². The first kappa shape index (κ1) is 45.8. The summed E-state index contributed by atoms with van der Waals surface area (Å²) in [6.07, 6.45) is 5.59. The lowest BCUT2D eigenvalue weighted by Crippen LogP contribution is -2.54. The summed E-state index contributed by atoms with van der Waals surface area (Å²) in [5.74, 6) is 0.00794. The molecule has 6 N–H and O–H groups in total. The van der Waals surface area contributed by atoms with Gasteiger partial charge in [0.15, 0.2) is 0 Å². The second kappa shape index (κ2) is 25.7. The summed E-state index contributed by atoms with van der Waals surface area (Å²) in [6, 6.07) is -2.13. The maximum Gasteiger partial charge on any atom is 0.407 e. The minimum Gasteiger partial charge on any atom is -0.453 e. The number of nitrogens with one attached hydrogen (secondary N) is 2. The van der Waals surface area contributed by atoms with Gasteiger partial charge in [0.1, 0.15) is 23.8 Å². The Labute approximate surface area is 288 Å². The highest BCUT2D eigenvalue weighted by atomic mass is 16.5. The molecule has 274 valence electrons. The quantitative estimate of drug-likeness (QED) is 0.103. The Kier molecular flexibility index (Phi) is 24.5. The Balaban J connectivity index is 0. The number of amidine groups is 2. The molecule has 4 amide bonds. The van der Waals surface area contributed by atoms with Crippen LogP contribution in [0.5, 0.6) is 0 Å². The fourth-order valence-corrected chi connectivity index (χ4v) is 5.11. The van der Waals surface area contributed by atoms with E-state index in [-0.39, 0.29) is 35.7 Å². The Bertz CT molecular complexity index is 1080. The molecular weight excluding hydrogens is 616 g/mol. The zero-order valence-corrected chi connectivity index (χ0v) is 30.5. The van der Waals surface area contributed by atoms with Gasteiger partial charge in [-0.1, -0.05) is 47.6 Å². The van der Waals surface area contributed by atoms with Crippen LogP contribution >= 0.6 is 0 Å². The standard InChI is InChI=1S/C28H48N8O6.C2H6.2C2H4/c1-17(2)21(33-27(39)41-5)25(37)35-15-9-11-19(35)23(29)31-13-7-8-14-32-24(30)20-12-10-16-36(20)26(38)22(18(3)4)34-28(40)42-6;3*1-2/h7,13,17-22H,8-12,14-16H2,1-6H3,(H2,29,31)(H2,30,32)(H,33,39)(H,34,40);1-2H3;2*1-2H2/b13-7+;;;/t19-,20-,21-,22?;;;/m1.../s1. The molecule has 1 unspecified atom stereocenters. The van der Waals surface area contributed by atoms with Crippen molar-refractivity contribution in [2.24, 2.45) is 33.3 Å². The van der Waals surface area contributed by atoms with Gasteiger partial charge >= 0.3 is 12.2 Å². The van der Waals surface area contributed by atoms with E-state index >= 15 is 0 Å². The van der Waals surface area contributed by atoms with Crippen LogP contribution in [0.3, 0.4) is 0 Å². The second-order valence-corrected chi connectivity index (χ2v) is 11.1. The van der Waals surface area contributed by atoms with Crippen molar-refractivity contribution < 1.29 is 28.7 Å². The molecule has 0 radical (unpaired) electrons. The number of methoxy groups -OCH3 is 2. The molecular formula is C34H62N8O6. The number of nitrogens with two attached hydrogens (primary N) is 2. The summed E-state index contributed by atoms with van der Waals surface area (Å²) in [6.45, 7) is 24.9. The number of likely N-dealkylation sites (tertiary alicyclic amines) is 2. The van der Waals surface area contributed by atoms with E-state index in [1.165, 1.54) is 14.2 Å². The average molecular weight is 679 g/mol. The highest BCUT2D eigenvalue weighted by Crippen LogP contribution is 2.22. The molecule has 2 aliphatic heterocycles. The predicted octanol–water partition coefficient (Wildman–Crippen LogP) is 3.98. The van der Waals surface area contributed by atoms with Gasteiger partial charge in [-0.15, -0.1) is 26.3 Å². The molecule has 2 saturated heterocycles. The lowest BCUT2D eigenvalue weighted by Gasteiger charge is -2.30. The Morgan fingerprint density at radius 3 is 1.56 bits per heavy atom. The Morgan fingerprint density at radius 1 is 0.792 bits per heavy atom. The van der Waals surface area contributed by atoms with Gasteiger partial charge in [0.05, 0.1) is 26.3 Å². The topological polar surface area (TPSA) is 194 Å². The maximum atomic E-state index is 13.2. The molecule has 0 spiro atoms. The van der Waals surface area contributed by atoms with Crippen LogP contribution in [0.2, 0.25) is 0 Å². The molecule has 14 nitrogen and oxygen atoms in total. The summed E-state index contributed by atoms with van der Waals surface area (Å²) in [4.78, 5) is 62.0. The minimum atomic E-state index is -0.726. The smallest absolute Gasteiger partial charge is 0.407 e. The van der Waals surface area contributed by atoms with E-state index in [1.54, 1.807) is 16.0 Å². The van der Waals surface area contributed by atoms with Crippen molar-refractivity contribution in [2.45, 2.75) is 97.8 Å². The minimum absolute atomic E-state index is 0.128. The van der Waals surface area contributed by atoms with Gasteiger partial charge in [0.2, 0.25) is 11.8 Å². The molecule has 0 aromatic heterocycles. The zero-order valence-electron chi connectivity index (χ0n) is 30.5. The molecule has 0 aromatic carbocycles. The van der Waals surface area contributed by atoms with Gasteiger partial charge in [-0.2, -0.15) is 0 Å². The largest absolute Gasteiger partial charge is 0.453 e. The summed E-state index contributed by atoms with van der Waals surface area (Å²) in [5.41, 5.74) is 12.5. The molecule has 48 heavy (non-hydrogen) atoms. The number of nitrogens with zero attached hydrogens (tertiary/aromatic N) is 4. The van der Waals surface area contributed by atoms with E-state index in [2.05, 4.69) is 56.4 Å². The number of aliphatic imine (C=N–C) groups is 2. The average Bonchev–Trinajstić information content (AvgIpc) is 3.80. The molecule has 0 aliphatic carbocycles. The third-order valence-electron chi connectivity index (χ3n) is 7.46. The molecule has 14 heteroatoms. The lowest BCUT2D eigenvalue weighted by molar-refractivity contribution is -0.135. The van der Waals surface area contributed by atoms with E-state index < -0.39 is 24.3 Å². The molecule has 2 rings (SSSR count). The van der Waals surface area contributed by atoms with Crippen molar-refractivity contribution in [3.05, 3.63) is 38.6 Å². The normalized spacial score (nSPS) is 18.8. The summed E-state index contributed by atoms with van der Waals surface area (Å²) >= 11 is 0. The summed E-state index contributed by atoms with van der Waals surface area (Å²) in [7, 11) is 2.51. The van der Waals surface area contributed by atoms with Gasteiger partial charge in [-0.3, -0.25) is 14.6 Å². The molecule has 2 heterocycles. The number of alkyl carbamates (subject to hydrolysis) is 2. The number of carbonyl (C=O) groups is 4. The van der Waals surface area contributed by atoms with Crippen molar-refractivity contribution in [3.63, 3.8) is 0 Å². The van der Waals surface area contributed by atoms with Crippen molar-refractivity contribution >= 4 is 35.7 Å². The molecule has 0 bridgehead atoms. The van der Waals surface area contributed by atoms with Gasteiger partial charge in [-0.05, 0) is 43.9 Å². The molecule has 2 aliphatic rings. The summed E-state index contributed by atoms with van der Waals surface area (Å²) in [5, 5.41) is 5.23. The van der Waals surface area contributed by atoms with Crippen LogP contribution < -0.4 is 22.1 Å². The first-order chi connectivity index (χ1) is 22.9. The van der Waals surface area contributed by atoms with Gasteiger partial charge in [0.25, 0.3) is 0 Å². The first-order valence-corrected chi connectivity index (χ1v) is 16.5.